The zero-order chi connectivity index (χ0) is 22.5. The van der Waals surface area contributed by atoms with Gasteiger partial charge in [0.05, 0.1) is 0 Å². The standard InChI is InChI=1S/C26H27FN4O/c1-18-23(12-16-31(2)15-11-19-9-13-28-14-10-19)24-17-22(7-8-25(24)29-18)30-26(32)20-3-5-21(27)6-4-20/h3-10,13-14,17,29H,11-12,15-16H2,1-2H3,(H,30,32). The Morgan fingerprint density at radius 1 is 1.03 bits per heavy atom. The highest BCUT2D eigenvalue weighted by atomic mass is 19.1. The third-order valence-electron chi connectivity index (χ3n) is 5.76. The second-order valence-electron chi connectivity index (χ2n) is 8.11. The van der Waals surface area contributed by atoms with Gasteiger partial charge in [0, 0.05) is 53.3 Å². The van der Waals surface area contributed by atoms with Gasteiger partial charge in [-0.2, -0.15) is 0 Å². The van der Waals surface area contributed by atoms with Crippen LogP contribution in [-0.2, 0) is 12.8 Å². The summed E-state index contributed by atoms with van der Waals surface area (Å²) in [6.07, 6.45) is 5.56. The number of carbonyl (C=O) groups is 1. The Hall–Kier alpha value is -3.51. The van der Waals surface area contributed by atoms with Crippen LogP contribution < -0.4 is 5.32 Å². The Morgan fingerprint density at radius 2 is 1.75 bits per heavy atom. The third kappa shape index (κ3) is 5.21. The Balaban J connectivity index is 1.43. The number of halogens is 1. The van der Waals surface area contributed by atoms with Gasteiger partial charge in [-0.15, -0.1) is 0 Å². The van der Waals surface area contributed by atoms with Crippen LogP contribution in [0.4, 0.5) is 10.1 Å². The SMILES string of the molecule is Cc1[nH]c2ccc(NC(=O)c3ccc(F)cc3)cc2c1CCN(C)CCc1ccncc1. The van der Waals surface area contributed by atoms with E-state index in [1.807, 2.05) is 30.6 Å². The molecule has 2 aromatic heterocycles. The molecule has 0 spiro atoms. The van der Waals surface area contributed by atoms with Crippen LogP contribution in [0, 0.1) is 12.7 Å². The first-order valence-corrected chi connectivity index (χ1v) is 10.7. The highest BCUT2D eigenvalue weighted by molar-refractivity contribution is 6.05. The van der Waals surface area contributed by atoms with Gasteiger partial charge in [0.25, 0.3) is 5.91 Å². The summed E-state index contributed by atoms with van der Waals surface area (Å²) in [5, 5.41) is 4.03. The lowest BCUT2D eigenvalue weighted by Gasteiger charge is -2.16. The fraction of sp³-hybridized carbons (Fsp3) is 0.231. The molecule has 4 aromatic rings. The molecule has 0 saturated carbocycles. The number of aromatic nitrogens is 2. The van der Waals surface area contributed by atoms with Gasteiger partial charge >= 0.3 is 0 Å². The Morgan fingerprint density at radius 3 is 2.50 bits per heavy atom. The van der Waals surface area contributed by atoms with Crippen molar-refractivity contribution < 1.29 is 9.18 Å². The van der Waals surface area contributed by atoms with Crippen molar-refractivity contribution in [3.8, 4) is 0 Å². The molecule has 164 valence electrons. The molecule has 2 N–H and O–H groups in total. The van der Waals surface area contributed by atoms with Gasteiger partial charge in [0.15, 0.2) is 0 Å². The number of nitrogens with one attached hydrogen (secondary N) is 2. The maximum atomic E-state index is 13.1. The zero-order valence-electron chi connectivity index (χ0n) is 18.4. The van der Waals surface area contributed by atoms with Gasteiger partial charge in [-0.3, -0.25) is 9.78 Å². The summed E-state index contributed by atoms with van der Waals surface area (Å²) in [5.41, 5.74) is 5.89. The van der Waals surface area contributed by atoms with Crippen LogP contribution in [0.1, 0.15) is 27.2 Å². The lowest BCUT2D eigenvalue weighted by Crippen LogP contribution is -2.24. The van der Waals surface area contributed by atoms with Crippen molar-refractivity contribution >= 4 is 22.5 Å². The number of hydrogen-bond donors (Lipinski definition) is 2. The third-order valence-corrected chi connectivity index (χ3v) is 5.76. The monoisotopic (exact) mass is 430 g/mol. The van der Waals surface area contributed by atoms with Gasteiger partial charge < -0.3 is 15.2 Å². The van der Waals surface area contributed by atoms with Crippen LogP contribution in [0.25, 0.3) is 10.9 Å². The second-order valence-corrected chi connectivity index (χ2v) is 8.11. The minimum Gasteiger partial charge on any atom is -0.358 e. The molecule has 0 aliphatic rings. The molecule has 2 aromatic carbocycles. The molecule has 0 atom stereocenters. The predicted octanol–water partition coefficient (Wildman–Crippen LogP) is 4.98. The molecule has 6 heteroatoms. The lowest BCUT2D eigenvalue weighted by atomic mass is 10.1. The average Bonchev–Trinajstić information content (AvgIpc) is 3.11. The summed E-state index contributed by atoms with van der Waals surface area (Å²) in [6, 6.07) is 15.5. The van der Waals surface area contributed by atoms with Crippen LogP contribution >= 0.6 is 0 Å². The van der Waals surface area contributed by atoms with E-state index >= 15 is 0 Å². The number of fused-ring (bicyclic) bond motifs is 1. The molecule has 0 aliphatic carbocycles. The minimum absolute atomic E-state index is 0.256. The van der Waals surface area contributed by atoms with Crippen molar-refractivity contribution in [1.29, 1.82) is 0 Å². The van der Waals surface area contributed by atoms with Gasteiger partial charge in [0.2, 0.25) is 0 Å². The molecule has 5 nitrogen and oxygen atoms in total. The van der Waals surface area contributed by atoms with Crippen LogP contribution in [0.2, 0.25) is 0 Å². The molecule has 1 amide bonds. The molecule has 0 bridgehead atoms. The number of aromatic amines is 1. The van der Waals surface area contributed by atoms with E-state index in [1.165, 1.54) is 35.4 Å². The van der Waals surface area contributed by atoms with Crippen molar-refractivity contribution in [1.82, 2.24) is 14.9 Å². The van der Waals surface area contributed by atoms with Crippen LogP contribution in [0.3, 0.4) is 0 Å². The quantitative estimate of drug-likeness (QED) is 0.414. The van der Waals surface area contributed by atoms with Crippen molar-refractivity contribution in [3.05, 3.63) is 95.2 Å². The smallest absolute Gasteiger partial charge is 0.255 e. The normalized spacial score (nSPS) is 11.2. The Bertz CT molecular complexity index is 1200. The fourth-order valence-electron chi connectivity index (χ4n) is 3.87. The molecule has 0 fully saturated rings. The number of benzene rings is 2. The number of amides is 1. The van der Waals surface area contributed by atoms with Gasteiger partial charge in [0.1, 0.15) is 5.82 Å². The van der Waals surface area contributed by atoms with E-state index in [4.69, 9.17) is 0 Å². The Labute approximate surface area is 187 Å². The molecule has 0 aliphatic heterocycles. The number of carbonyl (C=O) groups excluding carboxylic acids is 1. The summed E-state index contributed by atoms with van der Waals surface area (Å²) >= 11 is 0. The van der Waals surface area contributed by atoms with Crippen molar-refractivity contribution in [2.24, 2.45) is 0 Å². The molecule has 0 radical (unpaired) electrons. The maximum absolute atomic E-state index is 13.1. The summed E-state index contributed by atoms with van der Waals surface area (Å²) in [6.45, 7) is 4.00. The molecule has 4 rings (SSSR count). The number of anilines is 1. The van der Waals surface area contributed by atoms with Crippen LogP contribution in [0.15, 0.2) is 67.0 Å². The van der Waals surface area contributed by atoms with Gasteiger partial charge in [-0.25, -0.2) is 4.39 Å². The Kier molecular flexibility index (Phi) is 6.61. The van der Waals surface area contributed by atoms with E-state index in [0.717, 1.165) is 48.2 Å². The number of likely N-dealkylation sites (N-methyl/N-ethyl adjacent to an activating group) is 1. The largest absolute Gasteiger partial charge is 0.358 e. The molecule has 32 heavy (non-hydrogen) atoms. The number of pyridine rings is 1. The van der Waals surface area contributed by atoms with E-state index in [-0.39, 0.29) is 11.7 Å². The van der Waals surface area contributed by atoms with Crippen LogP contribution in [-0.4, -0.2) is 40.9 Å². The number of aryl methyl sites for hydroxylation is 1. The number of H-pyrrole nitrogens is 1. The highest BCUT2D eigenvalue weighted by Crippen LogP contribution is 2.26. The molecule has 2 heterocycles. The maximum Gasteiger partial charge on any atom is 0.255 e. The molecule has 0 saturated heterocycles. The summed E-state index contributed by atoms with van der Waals surface area (Å²) in [4.78, 5) is 22.4. The van der Waals surface area contributed by atoms with Gasteiger partial charge in [-0.1, -0.05) is 0 Å². The van der Waals surface area contributed by atoms with E-state index in [1.54, 1.807) is 0 Å². The second kappa shape index (κ2) is 9.75. The van der Waals surface area contributed by atoms with E-state index in [2.05, 4.69) is 46.3 Å². The minimum atomic E-state index is -0.360. The highest BCUT2D eigenvalue weighted by Gasteiger charge is 2.12. The van der Waals surface area contributed by atoms with E-state index in [9.17, 15) is 9.18 Å². The number of rotatable bonds is 8. The lowest BCUT2D eigenvalue weighted by molar-refractivity contribution is 0.102. The molecular formula is C26H27FN4O. The predicted molar refractivity (Wildman–Crippen MR) is 127 cm³/mol. The number of hydrogen-bond acceptors (Lipinski definition) is 3. The van der Waals surface area contributed by atoms with Crippen molar-refractivity contribution in [2.75, 3.05) is 25.5 Å². The van der Waals surface area contributed by atoms with E-state index < -0.39 is 0 Å². The average molecular weight is 431 g/mol. The first-order chi connectivity index (χ1) is 15.5. The first kappa shape index (κ1) is 21.7. The zero-order valence-corrected chi connectivity index (χ0v) is 18.4. The van der Waals surface area contributed by atoms with Crippen molar-refractivity contribution in [3.63, 3.8) is 0 Å². The topological polar surface area (TPSA) is 61.0 Å². The molecule has 0 unspecified atom stereocenters. The number of nitrogens with zero attached hydrogens (tertiary/aromatic N) is 2. The van der Waals surface area contributed by atoms with Crippen LogP contribution in [0.5, 0.6) is 0 Å². The van der Waals surface area contributed by atoms with Gasteiger partial charge in [-0.05, 0) is 92.5 Å². The summed E-state index contributed by atoms with van der Waals surface area (Å²) < 4.78 is 13.1. The fourth-order valence-corrected chi connectivity index (χ4v) is 3.87. The summed E-state index contributed by atoms with van der Waals surface area (Å²) in [7, 11) is 2.14. The van der Waals surface area contributed by atoms with Crippen molar-refractivity contribution in [2.45, 2.75) is 19.8 Å². The van der Waals surface area contributed by atoms with E-state index in [0.29, 0.717) is 5.56 Å². The summed E-state index contributed by atoms with van der Waals surface area (Å²) in [5.74, 6) is -0.616. The first-order valence-electron chi connectivity index (χ1n) is 10.7. The molecular weight excluding hydrogens is 403 g/mol.